The summed E-state index contributed by atoms with van der Waals surface area (Å²) in [6, 6.07) is 25.1. The molecule has 3 aromatic carbocycles. The SMILES string of the molecule is CCC(=O)N1c2ccccc2NC2=CC(C)(C)CC(=O)C2C1c1ccccc1OCc1ccccc1. The van der Waals surface area contributed by atoms with Crippen LogP contribution in [0.1, 0.15) is 50.8 Å². The number of benzene rings is 3. The van der Waals surface area contributed by atoms with Crippen LogP contribution < -0.4 is 15.0 Å². The predicted octanol–water partition coefficient (Wildman–Crippen LogP) is 6.67. The number of rotatable bonds is 5. The second-order valence-electron chi connectivity index (χ2n) is 10.2. The van der Waals surface area contributed by atoms with Gasteiger partial charge < -0.3 is 15.0 Å². The average Bonchev–Trinajstić information content (AvgIpc) is 3.01. The zero-order valence-corrected chi connectivity index (χ0v) is 21.0. The van der Waals surface area contributed by atoms with Crippen LogP contribution in [0, 0.1) is 11.3 Å². The summed E-state index contributed by atoms with van der Waals surface area (Å²) in [7, 11) is 0. The first-order valence-electron chi connectivity index (χ1n) is 12.6. The molecule has 184 valence electrons. The van der Waals surface area contributed by atoms with Gasteiger partial charge in [-0.2, -0.15) is 0 Å². The highest BCUT2D eigenvalue weighted by Crippen LogP contribution is 2.50. The van der Waals surface area contributed by atoms with E-state index in [1.54, 1.807) is 0 Å². The maximum atomic E-state index is 13.8. The van der Waals surface area contributed by atoms with Crippen molar-refractivity contribution in [3.8, 4) is 5.75 Å². The molecule has 5 rings (SSSR count). The summed E-state index contributed by atoms with van der Waals surface area (Å²) in [5.41, 5.74) is 4.05. The van der Waals surface area contributed by atoms with E-state index in [2.05, 4.69) is 25.2 Å². The lowest BCUT2D eigenvalue weighted by Gasteiger charge is -2.39. The van der Waals surface area contributed by atoms with Gasteiger partial charge >= 0.3 is 0 Å². The fourth-order valence-electron chi connectivity index (χ4n) is 5.37. The molecule has 0 fully saturated rings. The monoisotopic (exact) mass is 480 g/mol. The molecule has 5 nitrogen and oxygen atoms in total. The number of nitrogens with one attached hydrogen (secondary N) is 1. The molecular weight excluding hydrogens is 448 g/mol. The number of nitrogens with zero attached hydrogens (tertiary/aromatic N) is 1. The third kappa shape index (κ3) is 4.53. The van der Waals surface area contributed by atoms with E-state index in [0.29, 0.717) is 25.2 Å². The Bertz CT molecular complexity index is 1310. The third-order valence-corrected chi connectivity index (χ3v) is 6.94. The summed E-state index contributed by atoms with van der Waals surface area (Å²) in [5, 5.41) is 3.54. The smallest absolute Gasteiger partial charge is 0.227 e. The number of anilines is 2. The van der Waals surface area contributed by atoms with Gasteiger partial charge in [0.25, 0.3) is 0 Å². The van der Waals surface area contributed by atoms with Crippen LogP contribution in [0.4, 0.5) is 11.4 Å². The van der Waals surface area contributed by atoms with E-state index >= 15 is 0 Å². The van der Waals surface area contributed by atoms with Crippen molar-refractivity contribution in [2.45, 2.75) is 46.3 Å². The van der Waals surface area contributed by atoms with Gasteiger partial charge in [-0.25, -0.2) is 0 Å². The Morgan fingerprint density at radius 2 is 1.69 bits per heavy atom. The minimum absolute atomic E-state index is 0.0361. The van der Waals surface area contributed by atoms with Gasteiger partial charge in [0.15, 0.2) is 0 Å². The van der Waals surface area contributed by atoms with Gasteiger partial charge in [0.05, 0.1) is 23.3 Å². The lowest BCUT2D eigenvalue weighted by molar-refractivity contribution is -0.125. The Morgan fingerprint density at radius 3 is 2.47 bits per heavy atom. The maximum absolute atomic E-state index is 13.8. The van der Waals surface area contributed by atoms with Crippen LogP contribution >= 0.6 is 0 Å². The van der Waals surface area contributed by atoms with Crippen molar-refractivity contribution in [3.63, 3.8) is 0 Å². The van der Waals surface area contributed by atoms with Crippen molar-refractivity contribution < 1.29 is 14.3 Å². The average molecular weight is 481 g/mol. The number of hydrogen-bond donors (Lipinski definition) is 1. The molecule has 2 atom stereocenters. The van der Waals surface area contributed by atoms with Gasteiger partial charge in [-0.1, -0.05) is 87.5 Å². The molecule has 36 heavy (non-hydrogen) atoms. The quantitative estimate of drug-likeness (QED) is 0.443. The summed E-state index contributed by atoms with van der Waals surface area (Å²) >= 11 is 0. The van der Waals surface area contributed by atoms with Crippen LogP contribution in [0.3, 0.4) is 0 Å². The van der Waals surface area contributed by atoms with Crippen LogP contribution in [0.15, 0.2) is 90.6 Å². The Morgan fingerprint density at radius 1 is 1.00 bits per heavy atom. The number of ketones is 1. The summed E-state index contributed by atoms with van der Waals surface area (Å²) < 4.78 is 6.33. The number of carbonyl (C=O) groups is 2. The minimum atomic E-state index is -0.532. The van der Waals surface area contributed by atoms with Crippen molar-refractivity contribution in [1.82, 2.24) is 0 Å². The highest BCUT2D eigenvalue weighted by molar-refractivity contribution is 6.01. The van der Waals surface area contributed by atoms with Gasteiger partial charge in [0, 0.05) is 24.1 Å². The molecule has 0 saturated carbocycles. The fourth-order valence-corrected chi connectivity index (χ4v) is 5.37. The van der Waals surface area contributed by atoms with E-state index in [4.69, 9.17) is 4.74 Å². The summed E-state index contributed by atoms with van der Waals surface area (Å²) in [4.78, 5) is 29.2. The highest BCUT2D eigenvalue weighted by atomic mass is 16.5. The van der Waals surface area contributed by atoms with E-state index in [0.717, 1.165) is 28.2 Å². The molecule has 0 spiro atoms. The van der Waals surface area contributed by atoms with Crippen LogP contribution in [0.25, 0.3) is 0 Å². The number of Topliss-reactive ketones (excluding diaryl/α,β-unsaturated/α-hetero) is 1. The van der Waals surface area contributed by atoms with Crippen LogP contribution in [0.5, 0.6) is 5.75 Å². The molecule has 5 heteroatoms. The Labute approximate surface area is 212 Å². The van der Waals surface area contributed by atoms with Crippen molar-refractivity contribution in [2.75, 3.05) is 10.2 Å². The minimum Gasteiger partial charge on any atom is -0.489 e. The normalized spacial score (nSPS) is 20.4. The molecule has 0 radical (unpaired) electrons. The van der Waals surface area contributed by atoms with Gasteiger partial charge in [-0.05, 0) is 29.2 Å². The number of amides is 1. The highest BCUT2D eigenvalue weighted by Gasteiger charge is 2.46. The first kappa shape index (κ1) is 23.9. The zero-order chi connectivity index (χ0) is 25.3. The van der Waals surface area contributed by atoms with Gasteiger partial charge in [0.2, 0.25) is 5.91 Å². The van der Waals surface area contributed by atoms with Gasteiger partial charge in [0.1, 0.15) is 18.1 Å². The van der Waals surface area contributed by atoms with Crippen molar-refractivity contribution in [3.05, 3.63) is 102 Å². The molecule has 1 amide bonds. The van der Waals surface area contributed by atoms with Crippen LogP contribution in [-0.2, 0) is 16.2 Å². The summed E-state index contributed by atoms with van der Waals surface area (Å²) in [6.45, 7) is 6.41. The molecule has 0 aromatic heterocycles. The topological polar surface area (TPSA) is 58.6 Å². The molecule has 2 unspecified atom stereocenters. The second-order valence-corrected chi connectivity index (χ2v) is 10.2. The van der Waals surface area contributed by atoms with Crippen molar-refractivity contribution in [2.24, 2.45) is 11.3 Å². The maximum Gasteiger partial charge on any atom is 0.227 e. The van der Waals surface area contributed by atoms with Crippen LogP contribution in [-0.4, -0.2) is 11.7 Å². The second kappa shape index (κ2) is 9.65. The number of ether oxygens (including phenoxy) is 1. The number of para-hydroxylation sites is 3. The van der Waals surface area contributed by atoms with Crippen molar-refractivity contribution >= 4 is 23.1 Å². The van der Waals surface area contributed by atoms with E-state index in [1.165, 1.54) is 0 Å². The third-order valence-electron chi connectivity index (χ3n) is 6.94. The lowest BCUT2D eigenvalue weighted by atomic mass is 9.72. The molecular formula is C31H32N2O3. The summed E-state index contributed by atoms with van der Waals surface area (Å²) in [6.07, 6.45) is 2.90. The number of carbonyl (C=O) groups excluding carboxylic acids is 2. The largest absolute Gasteiger partial charge is 0.489 e. The molecule has 0 bridgehead atoms. The summed E-state index contributed by atoms with van der Waals surface area (Å²) in [5.74, 6) is 0.236. The molecule has 1 heterocycles. The van der Waals surface area contributed by atoms with Crippen LogP contribution in [0.2, 0.25) is 0 Å². The van der Waals surface area contributed by atoms with Crippen molar-refractivity contribution in [1.29, 1.82) is 0 Å². The van der Waals surface area contributed by atoms with E-state index in [1.807, 2.05) is 90.7 Å². The molecule has 0 saturated heterocycles. The Hall–Kier alpha value is -3.86. The first-order chi connectivity index (χ1) is 17.4. The molecule has 3 aromatic rings. The Kier molecular flexibility index (Phi) is 6.40. The standard InChI is InChI=1S/C31H32N2O3/c1-4-28(35)33-25-16-10-9-15-23(25)32-24-18-31(2,3)19-26(34)29(24)30(33)22-14-8-11-17-27(22)36-20-21-12-6-5-7-13-21/h5-18,29-30,32H,4,19-20H2,1-3H3. The number of fused-ring (bicyclic) bond motifs is 2. The fraction of sp³-hybridized carbons (Fsp3) is 0.290. The molecule has 1 aliphatic heterocycles. The van der Waals surface area contributed by atoms with Gasteiger partial charge in [-0.3, -0.25) is 9.59 Å². The first-order valence-corrected chi connectivity index (χ1v) is 12.6. The van der Waals surface area contributed by atoms with E-state index in [9.17, 15) is 9.59 Å². The zero-order valence-electron chi connectivity index (χ0n) is 21.0. The number of hydrogen-bond acceptors (Lipinski definition) is 4. The predicted molar refractivity (Wildman–Crippen MR) is 143 cm³/mol. The lowest BCUT2D eigenvalue weighted by Crippen LogP contribution is -2.43. The number of allylic oxidation sites excluding steroid dienone is 1. The molecule has 1 N–H and O–H groups in total. The molecule has 2 aliphatic rings. The Balaban J connectivity index is 1.68. The molecule has 1 aliphatic carbocycles. The van der Waals surface area contributed by atoms with E-state index < -0.39 is 12.0 Å². The van der Waals surface area contributed by atoms with Gasteiger partial charge in [-0.15, -0.1) is 0 Å². The van der Waals surface area contributed by atoms with E-state index in [-0.39, 0.29) is 17.1 Å².